The van der Waals surface area contributed by atoms with Crippen molar-refractivity contribution in [1.82, 2.24) is 0 Å². The Morgan fingerprint density at radius 3 is 1.00 bits per heavy atom. The zero-order valence-corrected chi connectivity index (χ0v) is 17.2. The molecule has 0 radical (unpaired) electrons. The summed E-state index contributed by atoms with van der Waals surface area (Å²) in [6.07, 6.45) is -0.337. The first-order valence-electron chi connectivity index (χ1n) is 7.05. The molecule has 0 bridgehead atoms. The van der Waals surface area contributed by atoms with Crippen LogP contribution in [0.1, 0.15) is 67.2 Å². The molecule has 0 saturated heterocycles. The maximum Gasteiger partial charge on any atom is 2.00 e. The molecule has 0 aliphatic heterocycles. The number of carboxylic acid groups (broad SMARTS) is 2. The second-order valence-corrected chi connectivity index (χ2v) is 7.65. The largest absolute Gasteiger partial charge is 2.00 e. The summed E-state index contributed by atoms with van der Waals surface area (Å²) in [5.41, 5.74) is -0.265. The van der Waals surface area contributed by atoms with Crippen LogP contribution in [0, 0.1) is 10.8 Å². The van der Waals surface area contributed by atoms with E-state index in [9.17, 15) is 29.4 Å². The van der Waals surface area contributed by atoms with Gasteiger partial charge in [0.2, 0.25) is 0 Å². The average molecular weight is 406 g/mol. The van der Waals surface area contributed by atoms with Crippen LogP contribution in [0.5, 0.6) is 0 Å². The molecule has 0 unspecified atom stereocenters. The van der Waals surface area contributed by atoms with Gasteiger partial charge in [-0.15, -0.1) is 0 Å². The van der Waals surface area contributed by atoms with Crippen LogP contribution < -0.4 is 10.2 Å². The van der Waals surface area contributed by atoms with E-state index in [0.29, 0.717) is 12.8 Å². The van der Waals surface area contributed by atoms with Gasteiger partial charge < -0.3 is 19.8 Å². The van der Waals surface area contributed by atoms with Crippen LogP contribution >= 0.6 is 0 Å². The third-order valence-corrected chi connectivity index (χ3v) is 2.14. The van der Waals surface area contributed by atoms with Crippen LogP contribution in [0.4, 0.5) is 0 Å². The van der Waals surface area contributed by atoms with Gasteiger partial charge in [-0.1, -0.05) is 41.5 Å². The minimum atomic E-state index is -1.29. The summed E-state index contributed by atoms with van der Waals surface area (Å²) in [6, 6.07) is 0. The Hall–Kier alpha value is -0.837. The quantitative estimate of drug-likeness (QED) is 0.586. The Kier molecular flexibility index (Phi) is 13.7. The predicted molar refractivity (Wildman–Crippen MR) is 77.4 cm³/mol. The smallest absolute Gasteiger partial charge is 0.550 e. The predicted octanol–water partition coefficient (Wildman–Crippen LogP) is 0.261. The first-order chi connectivity index (χ1) is 9.62. The van der Waals surface area contributed by atoms with Gasteiger partial charge in [-0.3, -0.25) is 9.59 Å². The summed E-state index contributed by atoms with van der Waals surface area (Å²) in [5, 5.41) is 19.9. The molecule has 130 valence electrons. The van der Waals surface area contributed by atoms with Crippen LogP contribution in [0.15, 0.2) is 0 Å². The summed E-state index contributed by atoms with van der Waals surface area (Å²) in [7, 11) is 0. The number of rotatable bonds is 6. The normalized spacial score (nSPS) is 10.7. The number of hydrogen-bond acceptors (Lipinski definition) is 6. The zero-order chi connectivity index (χ0) is 18.1. The maximum absolute atomic E-state index is 10.8. The van der Waals surface area contributed by atoms with E-state index in [2.05, 4.69) is 0 Å². The van der Waals surface area contributed by atoms with Crippen LogP contribution in [0.2, 0.25) is 0 Å². The monoisotopic (exact) mass is 404 g/mol. The van der Waals surface area contributed by atoms with E-state index in [1.165, 1.54) is 0 Å². The number of Topliss-reactive ketones (excluding diaryl/α,β-unsaturated/α-hetero) is 2. The first kappa shape index (κ1) is 27.0. The molecule has 0 N–H and O–H groups in total. The first-order valence-corrected chi connectivity index (χ1v) is 7.05. The standard InChI is InChI=1S/2C8H14O3.Zr/c2*1-8(2,3)5-6(9)4-7(10)11;/h2*4-5H2,1-3H3,(H,10,11);/q;;+2/p-2. The molecule has 0 atom stereocenters. The number of carboxylic acids is 2. The van der Waals surface area contributed by atoms with Gasteiger partial charge in [0.1, 0.15) is 11.6 Å². The summed E-state index contributed by atoms with van der Waals surface area (Å²) in [5.74, 6) is -3.12. The number of aliphatic carboxylic acids is 2. The summed E-state index contributed by atoms with van der Waals surface area (Å²) in [6.45, 7) is 11.3. The Balaban J connectivity index is -0.000000333. The SMILES string of the molecule is CC(C)(C)CC(=O)CC(=O)[O-].CC(C)(C)CC(=O)CC(=O)[O-].[Zr+2]. The second kappa shape index (κ2) is 11.7. The van der Waals surface area contributed by atoms with Gasteiger partial charge >= 0.3 is 26.2 Å². The van der Waals surface area contributed by atoms with E-state index in [4.69, 9.17) is 0 Å². The second-order valence-electron chi connectivity index (χ2n) is 7.65. The Morgan fingerprint density at radius 1 is 0.652 bits per heavy atom. The van der Waals surface area contributed by atoms with Crippen LogP contribution in [-0.2, 0) is 45.4 Å². The molecule has 0 heterocycles. The van der Waals surface area contributed by atoms with Gasteiger partial charge in [0.15, 0.2) is 0 Å². The van der Waals surface area contributed by atoms with E-state index < -0.39 is 24.8 Å². The fraction of sp³-hybridized carbons (Fsp3) is 0.750. The van der Waals surface area contributed by atoms with Crippen LogP contribution in [0.25, 0.3) is 0 Å². The molecule has 0 aromatic heterocycles. The Morgan fingerprint density at radius 2 is 0.870 bits per heavy atom. The van der Waals surface area contributed by atoms with Gasteiger partial charge in [0.05, 0.1) is 0 Å². The van der Waals surface area contributed by atoms with E-state index in [-0.39, 0.29) is 48.6 Å². The average Bonchev–Trinajstić information content (AvgIpc) is 2.07. The van der Waals surface area contributed by atoms with Crippen molar-refractivity contribution in [3.8, 4) is 0 Å². The van der Waals surface area contributed by atoms with Crippen molar-refractivity contribution in [2.45, 2.75) is 67.2 Å². The number of carbonyl (C=O) groups excluding carboxylic acids is 4. The van der Waals surface area contributed by atoms with Crippen molar-refractivity contribution >= 4 is 23.5 Å². The summed E-state index contributed by atoms with van der Waals surface area (Å²) >= 11 is 0. The molecule has 0 aromatic carbocycles. The van der Waals surface area contributed by atoms with Crippen LogP contribution in [0.3, 0.4) is 0 Å². The van der Waals surface area contributed by atoms with E-state index >= 15 is 0 Å². The molecule has 23 heavy (non-hydrogen) atoms. The van der Waals surface area contributed by atoms with Gasteiger partial charge in [-0.05, 0) is 10.8 Å². The minimum Gasteiger partial charge on any atom is -0.550 e. The number of ketones is 2. The van der Waals surface area contributed by atoms with Crippen molar-refractivity contribution < 1.29 is 55.6 Å². The molecule has 0 amide bonds. The van der Waals surface area contributed by atoms with Crippen molar-refractivity contribution in [3.05, 3.63) is 0 Å². The van der Waals surface area contributed by atoms with Crippen LogP contribution in [-0.4, -0.2) is 23.5 Å². The molecule has 0 fully saturated rings. The molecular formula is C16H26O6Zr. The minimum absolute atomic E-state index is 0. The Labute approximate surface area is 157 Å². The molecule has 6 nitrogen and oxygen atoms in total. The Bertz CT molecular complexity index is 375. The fourth-order valence-corrected chi connectivity index (χ4v) is 1.63. The van der Waals surface area contributed by atoms with Gasteiger partial charge in [0.25, 0.3) is 0 Å². The molecule has 7 heteroatoms. The third-order valence-electron chi connectivity index (χ3n) is 2.14. The molecule has 0 saturated carbocycles. The fourth-order valence-electron chi connectivity index (χ4n) is 1.63. The topological polar surface area (TPSA) is 114 Å². The van der Waals surface area contributed by atoms with E-state index in [0.717, 1.165) is 0 Å². The third kappa shape index (κ3) is 26.4. The molecule has 0 spiro atoms. The zero-order valence-electron chi connectivity index (χ0n) is 14.8. The van der Waals surface area contributed by atoms with E-state index in [1.54, 1.807) is 0 Å². The summed E-state index contributed by atoms with van der Waals surface area (Å²) < 4.78 is 0. The van der Waals surface area contributed by atoms with Gasteiger partial charge in [-0.2, -0.15) is 0 Å². The molecule has 0 aliphatic carbocycles. The number of hydrogen-bond donors (Lipinski definition) is 0. The van der Waals surface area contributed by atoms with Gasteiger partial charge in [-0.25, -0.2) is 0 Å². The summed E-state index contributed by atoms with van der Waals surface area (Å²) in [4.78, 5) is 41.6. The molecular weight excluding hydrogens is 379 g/mol. The molecule has 0 aromatic rings. The molecule has 0 rings (SSSR count). The van der Waals surface area contributed by atoms with Crippen molar-refractivity contribution in [1.29, 1.82) is 0 Å². The molecule has 0 aliphatic rings. The number of carbonyl (C=O) groups is 4. The van der Waals surface area contributed by atoms with Gasteiger partial charge in [0, 0.05) is 37.6 Å². The van der Waals surface area contributed by atoms with Crippen molar-refractivity contribution in [2.75, 3.05) is 0 Å². The maximum atomic E-state index is 10.8. The van der Waals surface area contributed by atoms with Crippen molar-refractivity contribution in [2.24, 2.45) is 10.8 Å². The van der Waals surface area contributed by atoms with Crippen molar-refractivity contribution in [3.63, 3.8) is 0 Å². The van der Waals surface area contributed by atoms with E-state index in [1.807, 2.05) is 41.5 Å².